The molecule has 27 heavy (non-hydrogen) atoms. The molecule has 5 nitrogen and oxygen atoms in total. The van der Waals surface area contributed by atoms with Crippen molar-refractivity contribution in [1.82, 2.24) is 19.5 Å². The Kier molecular flexibility index (Phi) is 4.37. The molecule has 3 aromatic heterocycles. The minimum Gasteiger partial charge on any atom is -0.268 e. The van der Waals surface area contributed by atoms with Gasteiger partial charge in [0.25, 0.3) is 5.56 Å². The van der Waals surface area contributed by atoms with Crippen LogP contribution in [-0.2, 0) is 0 Å². The molecule has 0 saturated heterocycles. The third-order valence-corrected chi connectivity index (χ3v) is 4.92. The molecule has 0 aliphatic heterocycles. The maximum atomic E-state index is 14.3. The van der Waals surface area contributed by atoms with Crippen molar-refractivity contribution in [2.24, 2.45) is 0 Å². The van der Waals surface area contributed by atoms with E-state index in [0.29, 0.717) is 22.7 Å². The highest BCUT2D eigenvalue weighted by molar-refractivity contribution is 7.09. The number of pyridine rings is 1. The summed E-state index contributed by atoms with van der Waals surface area (Å²) >= 11 is 1.54. The number of aryl methyl sites for hydroxylation is 2. The predicted molar refractivity (Wildman–Crippen MR) is 106 cm³/mol. The minimum absolute atomic E-state index is 0.0394. The van der Waals surface area contributed by atoms with Crippen LogP contribution in [-0.4, -0.2) is 19.5 Å². The Balaban J connectivity index is 2.02. The first-order valence-electron chi connectivity index (χ1n) is 8.28. The highest BCUT2D eigenvalue weighted by atomic mass is 32.1. The van der Waals surface area contributed by atoms with Gasteiger partial charge < -0.3 is 0 Å². The van der Waals surface area contributed by atoms with E-state index in [9.17, 15) is 9.18 Å². The van der Waals surface area contributed by atoms with Crippen molar-refractivity contribution in [3.63, 3.8) is 0 Å². The Morgan fingerprint density at radius 2 is 1.96 bits per heavy atom. The van der Waals surface area contributed by atoms with Crippen molar-refractivity contribution in [2.45, 2.75) is 13.8 Å². The molecule has 0 aliphatic carbocycles. The lowest BCUT2D eigenvalue weighted by Gasteiger charge is -2.13. The van der Waals surface area contributed by atoms with Crippen LogP contribution in [0.5, 0.6) is 0 Å². The average Bonchev–Trinajstić information content (AvgIpc) is 3.06. The summed E-state index contributed by atoms with van der Waals surface area (Å²) in [5.74, 6) is -0.203. The molecule has 0 unspecified atom stereocenters. The highest BCUT2D eigenvalue weighted by Gasteiger charge is 2.15. The highest BCUT2D eigenvalue weighted by Crippen LogP contribution is 2.19. The van der Waals surface area contributed by atoms with Crippen molar-refractivity contribution in [3.05, 3.63) is 80.3 Å². The number of hydrogen-bond acceptors (Lipinski definition) is 5. The Hall–Kier alpha value is -3.19. The first kappa shape index (κ1) is 17.2. The van der Waals surface area contributed by atoms with Crippen LogP contribution >= 0.6 is 11.3 Å². The molecule has 0 fully saturated rings. The normalized spacial score (nSPS) is 11.5. The molecule has 4 aromatic rings. The molecule has 0 bridgehead atoms. The van der Waals surface area contributed by atoms with Crippen molar-refractivity contribution in [2.75, 3.05) is 0 Å². The molecule has 0 saturated carbocycles. The standard InChI is InChI=1S/C20H15FN4OS/c1-12-17(7-4-10-22-12)25-18(9-8-14-11-27-13(2)23-14)24-16-6-3-5-15(21)19(16)20(25)26/h3-11H,1-2H3. The first-order chi connectivity index (χ1) is 13.0. The summed E-state index contributed by atoms with van der Waals surface area (Å²) in [7, 11) is 0. The van der Waals surface area contributed by atoms with Crippen molar-refractivity contribution in [3.8, 4) is 5.69 Å². The maximum absolute atomic E-state index is 14.3. The zero-order valence-corrected chi connectivity index (χ0v) is 15.5. The molecule has 0 aliphatic rings. The molecular formula is C20H15FN4OS. The lowest BCUT2D eigenvalue weighted by Crippen LogP contribution is -2.24. The van der Waals surface area contributed by atoms with Gasteiger partial charge in [-0.3, -0.25) is 14.3 Å². The molecule has 1 aromatic carbocycles. The van der Waals surface area contributed by atoms with Crippen LogP contribution in [0.15, 0.2) is 46.7 Å². The van der Waals surface area contributed by atoms with Gasteiger partial charge in [-0.1, -0.05) is 6.07 Å². The Labute approximate surface area is 158 Å². The summed E-state index contributed by atoms with van der Waals surface area (Å²) in [4.78, 5) is 26.3. The van der Waals surface area contributed by atoms with Gasteiger partial charge in [0.1, 0.15) is 17.0 Å². The van der Waals surface area contributed by atoms with E-state index in [-0.39, 0.29) is 5.39 Å². The minimum atomic E-state index is -0.592. The van der Waals surface area contributed by atoms with Crippen LogP contribution < -0.4 is 5.56 Å². The second kappa shape index (κ2) is 6.85. The number of aromatic nitrogens is 4. The van der Waals surface area contributed by atoms with Gasteiger partial charge >= 0.3 is 0 Å². The van der Waals surface area contributed by atoms with Crippen LogP contribution in [0.25, 0.3) is 28.7 Å². The second-order valence-electron chi connectivity index (χ2n) is 5.98. The summed E-state index contributed by atoms with van der Waals surface area (Å²) in [6, 6.07) is 7.94. The molecule has 0 N–H and O–H groups in total. The Morgan fingerprint density at radius 1 is 1.11 bits per heavy atom. The Bertz CT molecular complexity index is 1240. The summed E-state index contributed by atoms with van der Waals surface area (Å²) < 4.78 is 15.7. The molecule has 7 heteroatoms. The Morgan fingerprint density at radius 3 is 2.70 bits per heavy atom. The van der Waals surface area contributed by atoms with E-state index in [1.54, 1.807) is 49.5 Å². The first-order valence-corrected chi connectivity index (χ1v) is 9.16. The number of nitrogens with zero attached hydrogens (tertiary/aromatic N) is 4. The monoisotopic (exact) mass is 378 g/mol. The van der Waals surface area contributed by atoms with E-state index in [1.807, 2.05) is 12.3 Å². The summed E-state index contributed by atoms with van der Waals surface area (Å²) in [6.45, 7) is 3.72. The molecule has 0 radical (unpaired) electrons. The van der Waals surface area contributed by atoms with Crippen LogP contribution in [0.3, 0.4) is 0 Å². The quantitative estimate of drug-likeness (QED) is 0.537. The largest absolute Gasteiger partial charge is 0.269 e. The molecule has 134 valence electrons. The van der Waals surface area contributed by atoms with Gasteiger partial charge in [-0.2, -0.15) is 0 Å². The maximum Gasteiger partial charge on any atom is 0.269 e. The fraction of sp³-hybridized carbons (Fsp3) is 0.100. The molecule has 0 spiro atoms. The predicted octanol–water partition coefficient (Wildman–Crippen LogP) is 4.16. The molecule has 0 amide bonds. The average molecular weight is 378 g/mol. The molecule has 0 atom stereocenters. The third kappa shape index (κ3) is 3.17. The summed E-state index contributed by atoms with van der Waals surface area (Å²) in [5, 5.41) is 2.83. The zero-order valence-electron chi connectivity index (χ0n) is 14.7. The van der Waals surface area contributed by atoms with Gasteiger partial charge in [-0.25, -0.2) is 14.4 Å². The number of halogens is 1. The summed E-state index contributed by atoms with van der Waals surface area (Å²) in [6.07, 6.45) is 5.15. The second-order valence-corrected chi connectivity index (χ2v) is 7.04. The van der Waals surface area contributed by atoms with E-state index in [2.05, 4.69) is 15.0 Å². The molecule has 3 heterocycles. The molecule has 4 rings (SSSR count). The van der Waals surface area contributed by atoms with E-state index >= 15 is 0 Å². The van der Waals surface area contributed by atoms with E-state index in [1.165, 1.54) is 22.0 Å². The fourth-order valence-electron chi connectivity index (χ4n) is 2.88. The van der Waals surface area contributed by atoms with Crippen LogP contribution in [0.4, 0.5) is 4.39 Å². The van der Waals surface area contributed by atoms with Crippen LogP contribution in [0, 0.1) is 19.7 Å². The number of benzene rings is 1. The van der Waals surface area contributed by atoms with Gasteiger partial charge in [-0.05, 0) is 50.3 Å². The number of fused-ring (bicyclic) bond motifs is 1. The lowest BCUT2D eigenvalue weighted by atomic mass is 10.2. The van der Waals surface area contributed by atoms with Crippen molar-refractivity contribution in [1.29, 1.82) is 0 Å². The zero-order chi connectivity index (χ0) is 19.0. The third-order valence-electron chi connectivity index (χ3n) is 4.13. The van der Waals surface area contributed by atoms with Gasteiger partial charge in [0.15, 0.2) is 0 Å². The van der Waals surface area contributed by atoms with Crippen molar-refractivity contribution < 1.29 is 4.39 Å². The van der Waals surface area contributed by atoms with Crippen molar-refractivity contribution >= 4 is 34.4 Å². The number of thiazole rings is 1. The summed E-state index contributed by atoms with van der Waals surface area (Å²) in [5.41, 5.74) is 1.83. The lowest BCUT2D eigenvalue weighted by molar-refractivity contribution is 0.637. The van der Waals surface area contributed by atoms with E-state index in [0.717, 1.165) is 10.7 Å². The SMILES string of the molecule is Cc1nc(C=Cc2nc3cccc(F)c3c(=O)n2-c2cccnc2C)cs1. The van der Waals surface area contributed by atoms with E-state index < -0.39 is 11.4 Å². The smallest absolute Gasteiger partial charge is 0.268 e. The van der Waals surface area contributed by atoms with E-state index in [4.69, 9.17) is 0 Å². The fourth-order valence-corrected chi connectivity index (χ4v) is 3.46. The number of hydrogen-bond donors (Lipinski definition) is 0. The van der Waals surface area contributed by atoms with Crippen LogP contribution in [0.2, 0.25) is 0 Å². The van der Waals surface area contributed by atoms with Gasteiger partial charge in [0, 0.05) is 11.6 Å². The molecular weight excluding hydrogens is 363 g/mol. The topological polar surface area (TPSA) is 60.7 Å². The van der Waals surface area contributed by atoms with Gasteiger partial charge in [-0.15, -0.1) is 11.3 Å². The number of rotatable bonds is 3. The van der Waals surface area contributed by atoms with Gasteiger partial charge in [0.05, 0.1) is 27.6 Å². The van der Waals surface area contributed by atoms with Gasteiger partial charge in [0.2, 0.25) is 0 Å². The van der Waals surface area contributed by atoms with Crippen LogP contribution in [0.1, 0.15) is 22.2 Å².